The van der Waals surface area contributed by atoms with Crippen LogP contribution in [0.3, 0.4) is 0 Å². The molecule has 0 radical (unpaired) electrons. The van der Waals surface area contributed by atoms with Gasteiger partial charge >= 0.3 is 0 Å². The molecule has 0 aliphatic heterocycles. The van der Waals surface area contributed by atoms with Gasteiger partial charge in [0, 0.05) is 18.5 Å². The predicted molar refractivity (Wildman–Crippen MR) is 86.1 cm³/mol. The zero-order chi connectivity index (χ0) is 14.8. The fourth-order valence-corrected chi connectivity index (χ4v) is 2.63. The maximum Gasteiger partial charge on any atom is 0.103 e. The van der Waals surface area contributed by atoms with Crippen molar-refractivity contribution >= 4 is 0 Å². The Balaban J connectivity index is 2.09. The van der Waals surface area contributed by atoms with Gasteiger partial charge in [0.15, 0.2) is 0 Å². The first-order valence-corrected chi connectivity index (χ1v) is 8.16. The maximum absolute atomic E-state index is 5.37. The molecule has 1 heterocycles. The molecule has 0 spiro atoms. The summed E-state index contributed by atoms with van der Waals surface area (Å²) in [4.78, 5) is 2.49. The van der Waals surface area contributed by atoms with Gasteiger partial charge in [-0.05, 0) is 64.9 Å². The van der Waals surface area contributed by atoms with Gasteiger partial charge in [-0.1, -0.05) is 13.8 Å². The molecule has 2 atom stereocenters. The largest absolute Gasteiger partial charge is 0.469 e. The Morgan fingerprint density at radius 3 is 2.45 bits per heavy atom. The van der Waals surface area contributed by atoms with E-state index in [0.29, 0.717) is 12.1 Å². The molecule has 0 amide bonds. The lowest BCUT2D eigenvalue weighted by atomic mass is 10.1. The van der Waals surface area contributed by atoms with E-state index < -0.39 is 0 Å². The SMILES string of the molecule is CCN(CC)CCCC(C)NC(C)CCc1ccco1. The van der Waals surface area contributed by atoms with Crippen molar-refractivity contribution < 1.29 is 4.42 Å². The van der Waals surface area contributed by atoms with Crippen LogP contribution in [0.2, 0.25) is 0 Å². The van der Waals surface area contributed by atoms with Crippen LogP contribution < -0.4 is 5.32 Å². The topological polar surface area (TPSA) is 28.4 Å². The summed E-state index contributed by atoms with van der Waals surface area (Å²) < 4.78 is 5.37. The van der Waals surface area contributed by atoms with E-state index in [1.54, 1.807) is 6.26 Å². The Morgan fingerprint density at radius 1 is 1.15 bits per heavy atom. The van der Waals surface area contributed by atoms with Crippen LogP contribution in [0.15, 0.2) is 22.8 Å². The van der Waals surface area contributed by atoms with Crippen molar-refractivity contribution in [3.8, 4) is 0 Å². The van der Waals surface area contributed by atoms with Crippen molar-refractivity contribution in [1.82, 2.24) is 10.2 Å². The molecule has 1 rings (SSSR count). The Bertz CT molecular complexity index is 320. The Labute approximate surface area is 124 Å². The Morgan fingerprint density at radius 2 is 1.85 bits per heavy atom. The first-order chi connectivity index (χ1) is 9.65. The van der Waals surface area contributed by atoms with E-state index in [1.165, 1.54) is 19.4 Å². The van der Waals surface area contributed by atoms with E-state index in [1.807, 2.05) is 6.07 Å². The number of hydrogen-bond acceptors (Lipinski definition) is 3. The van der Waals surface area contributed by atoms with Gasteiger partial charge in [0.05, 0.1) is 6.26 Å². The van der Waals surface area contributed by atoms with Gasteiger partial charge in [0.2, 0.25) is 0 Å². The molecule has 0 bridgehead atoms. The number of furan rings is 1. The zero-order valence-electron chi connectivity index (χ0n) is 13.7. The normalized spacial score (nSPS) is 14.7. The van der Waals surface area contributed by atoms with Crippen molar-refractivity contribution in [1.29, 1.82) is 0 Å². The molecule has 1 aromatic heterocycles. The number of rotatable bonds is 11. The Kier molecular flexibility index (Phi) is 8.63. The van der Waals surface area contributed by atoms with Gasteiger partial charge in [0.1, 0.15) is 5.76 Å². The van der Waals surface area contributed by atoms with Crippen molar-refractivity contribution in [2.24, 2.45) is 0 Å². The second kappa shape index (κ2) is 10.0. The average molecular weight is 280 g/mol. The minimum Gasteiger partial charge on any atom is -0.469 e. The third-order valence-electron chi connectivity index (χ3n) is 3.98. The van der Waals surface area contributed by atoms with E-state index >= 15 is 0 Å². The zero-order valence-corrected chi connectivity index (χ0v) is 13.7. The second-order valence-corrected chi connectivity index (χ2v) is 5.76. The van der Waals surface area contributed by atoms with Crippen LogP contribution in [-0.2, 0) is 6.42 Å². The van der Waals surface area contributed by atoms with Crippen LogP contribution in [0.4, 0.5) is 0 Å². The number of nitrogens with one attached hydrogen (secondary N) is 1. The molecule has 3 heteroatoms. The highest BCUT2D eigenvalue weighted by molar-refractivity contribution is 4.98. The van der Waals surface area contributed by atoms with Gasteiger partial charge in [-0.15, -0.1) is 0 Å². The standard InChI is InChI=1S/C17H32N2O/c1-5-19(6-2)13-7-9-15(3)18-16(4)11-12-17-10-8-14-20-17/h8,10,14-16,18H,5-7,9,11-13H2,1-4H3. The Hall–Kier alpha value is -0.800. The van der Waals surface area contributed by atoms with Gasteiger partial charge in [0.25, 0.3) is 0 Å². The van der Waals surface area contributed by atoms with Crippen molar-refractivity contribution in [2.75, 3.05) is 19.6 Å². The molecule has 0 saturated carbocycles. The highest BCUT2D eigenvalue weighted by atomic mass is 16.3. The fraction of sp³-hybridized carbons (Fsp3) is 0.765. The summed E-state index contributed by atoms with van der Waals surface area (Å²) in [6, 6.07) is 5.16. The van der Waals surface area contributed by atoms with E-state index in [-0.39, 0.29) is 0 Å². The highest BCUT2D eigenvalue weighted by Crippen LogP contribution is 2.07. The summed E-state index contributed by atoms with van der Waals surface area (Å²) in [7, 11) is 0. The van der Waals surface area contributed by atoms with Crippen LogP contribution in [-0.4, -0.2) is 36.6 Å². The summed E-state index contributed by atoms with van der Waals surface area (Å²) >= 11 is 0. The van der Waals surface area contributed by atoms with Crippen LogP contribution in [0.25, 0.3) is 0 Å². The van der Waals surface area contributed by atoms with Gasteiger partial charge in [-0.2, -0.15) is 0 Å². The molecular formula is C17H32N2O. The molecule has 2 unspecified atom stereocenters. The minimum atomic E-state index is 0.545. The summed E-state index contributed by atoms with van der Waals surface area (Å²) in [5.41, 5.74) is 0. The van der Waals surface area contributed by atoms with Crippen molar-refractivity contribution in [2.45, 2.75) is 65.5 Å². The molecule has 1 aromatic rings. The molecular weight excluding hydrogens is 248 g/mol. The molecule has 0 aliphatic carbocycles. The van der Waals surface area contributed by atoms with E-state index in [4.69, 9.17) is 4.42 Å². The third-order valence-corrected chi connectivity index (χ3v) is 3.98. The molecule has 3 nitrogen and oxygen atoms in total. The highest BCUT2D eigenvalue weighted by Gasteiger charge is 2.09. The lowest BCUT2D eigenvalue weighted by molar-refractivity contribution is 0.287. The van der Waals surface area contributed by atoms with Crippen LogP contribution in [0, 0.1) is 0 Å². The molecule has 116 valence electrons. The summed E-state index contributed by atoms with van der Waals surface area (Å²) in [6.07, 6.45) is 6.44. The summed E-state index contributed by atoms with van der Waals surface area (Å²) in [5, 5.41) is 3.69. The molecule has 0 saturated heterocycles. The van der Waals surface area contributed by atoms with Crippen LogP contribution >= 0.6 is 0 Å². The van der Waals surface area contributed by atoms with Crippen molar-refractivity contribution in [3.05, 3.63) is 24.2 Å². The number of hydrogen-bond donors (Lipinski definition) is 1. The minimum absolute atomic E-state index is 0.545. The molecule has 0 aromatic carbocycles. The number of nitrogens with zero attached hydrogens (tertiary/aromatic N) is 1. The predicted octanol–water partition coefficient (Wildman–Crippen LogP) is 3.70. The summed E-state index contributed by atoms with van der Waals surface area (Å²) in [6.45, 7) is 12.6. The first-order valence-electron chi connectivity index (χ1n) is 8.16. The molecule has 0 fully saturated rings. The van der Waals surface area contributed by atoms with E-state index in [0.717, 1.165) is 31.7 Å². The van der Waals surface area contributed by atoms with Crippen LogP contribution in [0.5, 0.6) is 0 Å². The fourth-order valence-electron chi connectivity index (χ4n) is 2.63. The third kappa shape index (κ3) is 7.11. The monoisotopic (exact) mass is 280 g/mol. The second-order valence-electron chi connectivity index (χ2n) is 5.76. The molecule has 20 heavy (non-hydrogen) atoms. The quantitative estimate of drug-likeness (QED) is 0.670. The molecule has 1 N–H and O–H groups in total. The van der Waals surface area contributed by atoms with Gasteiger partial charge in [-0.3, -0.25) is 0 Å². The summed E-state index contributed by atoms with van der Waals surface area (Å²) in [5.74, 6) is 1.09. The lowest BCUT2D eigenvalue weighted by Gasteiger charge is -2.22. The smallest absolute Gasteiger partial charge is 0.103 e. The lowest BCUT2D eigenvalue weighted by Crippen LogP contribution is -2.35. The van der Waals surface area contributed by atoms with Crippen molar-refractivity contribution in [3.63, 3.8) is 0 Å². The van der Waals surface area contributed by atoms with Gasteiger partial charge < -0.3 is 14.6 Å². The maximum atomic E-state index is 5.37. The molecule has 0 aliphatic rings. The average Bonchev–Trinajstić information content (AvgIpc) is 2.94. The first kappa shape index (κ1) is 17.3. The van der Waals surface area contributed by atoms with E-state index in [2.05, 4.69) is 44.0 Å². The number of aryl methyl sites for hydroxylation is 1. The van der Waals surface area contributed by atoms with E-state index in [9.17, 15) is 0 Å². The van der Waals surface area contributed by atoms with Gasteiger partial charge in [-0.25, -0.2) is 0 Å². The van der Waals surface area contributed by atoms with Crippen LogP contribution in [0.1, 0.15) is 52.7 Å².